The molecule has 0 fully saturated rings. The van der Waals surface area contributed by atoms with E-state index in [-0.39, 0.29) is 0 Å². The number of nitrogens with one attached hydrogen (secondary N) is 2. The highest BCUT2D eigenvalue weighted by molar-refractivity contribution is 6.00. The van der Waals surface area contributed by atoms with Gasteiger partial charge in [-0.3, -0.25) is 0 Å². The van der Waals surface area contributed by atoms with Crippen LogP contribution in [0.2, 0.25) is 0 Å². The van der Waals surface area contributed by atoms with Gasteiger partial charge in [-0.05, 0) is 17.7 Å². The molecule has 0 spiro atoms. The lowest BCUT2D eigenvalue weighted by molar-refractivity contribution is 1.31. The monoisotopic (exact) mass is 224 g/mol. The zero-order valence-electron chi connectivity index (χ0n) is 9.12. The smallest absolute Gasteiger partial charge is 0.110 e. The van der Waals surface area contributed by atoms with Gasteiger partial charge in [0.15, 0.2) is 0 Å². The maximum atomic E-state index is 7.86. The third-order valence-electron chi connectivity index (χ3n) is 3.00. The van der Waals surface area contributed by atoms with Crippen molar-refractivity contribution < 1.29 is 0 Å². The lowest BCUT2D eigenvalue weighted by Crippen LogP contribution is -1.94. The lowest BCUT2D eigenvalue weighted by Gasteiger charge is -1.95. The van der Waals surface area contributed by atoms with Gasteiger partial charge in [0.25, 0.3) is 0 Å². The van der Waals surface area contributed by atoms with Gasteiger partial charge in [-0.1, -0.05) is 24.3 Å². The molecule has 0 saturated carbocycles. The summed E-state index contributed by atoms with van der Waals surface area (Å²) >= 11 is 0. The number of nitrogen functional groups attached to an aromatic ring is 2. The van der Waals surface area contributed by atoms with E-state index in [1.807, 2.05) is 30.3 Å². The number of hydrogen-bond acceptors (Lipinski definition) is 3. The number of aromatic nitrogens is 1. The molecule has 1 aromatic rings. The Bertz CT molecular complexity index is 742. The molecular formula is C13H12N4. The molecule has 0 amide bonds. The second-order valence-electron chi connectivity index (χ2n) is 4.07. The van der Waals surface area contributed by atoms with Gasteiger partial charge < -0.3 is 21.9 Å². The number of hydrogen-bond donors (Lipinski definition) is 4. The van der Waals surface area contributed by atoms with Crippen LogP contribution in [0.1, 0.15) is 0 Å². The number of aromatic amines is 1. The van der Waals surface area contributed by atoms with Gasteiger partial charge in [0.05, 0.1) is 5.36 Å². The normalized spacial score (nSPS) is 11.1. The maximum Gasteiger partial charge on any atom is 0.110 e. The molecule has 84 valence electrons. The highest BCUT2D eigenvalue weighted by atomic mass is 14.9. The molecule has 4 heteroatoms. The quantitative estimate of drug-likeness (QED) is 0.469. The SMILES string of the molecule is N=c1ccc2cccc3c(N)[nH]c(N)c3cc1-2. The first-order valence-corrected chi connectivity index (χ1v) is 5.31. The maximum absolute atomic E-state index is 7.86. The van der Waals surface area contributed by atoms with E-state index in [0.29, 0.717) is 17.0 Å². The van der Waals surface area contributed by atoms with Crippen LogP contribution < -0.4 is 16.8 Å². The molecule has 0 radical (unpaired) electrons. The summed E-state index contributed by atoms with van der Waals surface area (Å²) in [7, 11) is 0. The number of H-pyrrole nitrogens is 1. The van der Waals surface area contributed by atoms with Crippen LogP contribution in [0.5, 0.6) is 0 Å². The molecule has 3 rings (SSSR count). The van der Waals surface area contributed by atoms with Crippen molar-refractivity contribution in [2.75, 3.05) is 11.5 Å². The Labute approximate surface area is 97.7 Å². The first-order chi connectivity index (χ1) is 8.16. The van der Waals surface area contributed by atoms with Crippen LogP contribution in [-0.2, 0) is 0 Å². The highest BCUT2D eigenvalue weighted by Gasteiger charge is 2.07. The minimum absolute atomic E-state index is 0.497. The van der Waals surface area contributed by atoms with Crippen molar-refractivity contribution in [1.82, 2.24) is 4.98 Å². The minimum Gasteiger partial charge on any atom is -0.385 e. The van der Waals surface area contributed by atoms with Gasteiger partial charge in [-0.2, -0.15) is 0 Å². The van der Waals surface area contributed by atoms with E-state index in [4.69, 9.17) is 16.9 Å². The van der Waals surface area contributed by atoms with E-state index in [0.717, 1.165) is 21.9 Å². The summed E-state index contributed by atoms with van der Waals surface area (Å²) in [6, 6.07) is 11.4. The number of anilines is 2. The predicted molar refractivity (Wildman–Crippen MR) is 69.6 cm³/mol. The lowest BCUT2D eigenvalue weighted by atomic mass is 10.1. The minimum atomic E-state index is 0.497. The Morgan fingerprint density at radius 2 is 1.71 bits per heavy atom. The summed E-state index contributed by atoms with van der Waals surface area (Å²) in [5.41, 5.74) is 13.6. The Hall–Kier alpha value is -2.49. The predicted octanol–water partition coefficient (Wildman–Crippen LogP) is 1.92. The first-order valence-electron chi connectivity index (χ1n) is 5.31. The fourth-order valence-electron chi connectivity index (χ4n) is 2.11. The second-order valence-corrected chi connectivity index (χ2v) is 4.07. The summed E-state index contributed by atoms with van der Waals surface area (Å²) in [5, 5.41) is 10.1. The number of rotatable bonds is 0. The number of nitrogens with two attached hydrogens (primary N) is 2. The second kappa shape index (κ2) is 3.25. The fraction of sp³-hybridized carbons (Fsp3) is 0. The molecule has 6 N–H and O–H groups in total. The largest absolute Gasteiger partial charge is 0.385 e. The average molecular weight is 224 g/mol. The van der Waals surface area contributed by atoms with Gasteiger partial charge in [0.2, 0.25) is 0 Å². The van der Waals surface area contributed by atoms with Crippen LogP contribution in [0.4, 0.5) is 11.6 Å². The van der Waals surface area contributed by atoms with Crippen molar-refractivity contribution in [2.24, 2.45) is 0 Å². The number of fused-ring (bicyclic) bond motifs is 2. The molecule has 4 nitrogen and oxygen atoms in total. The van der Waals surface area contributed by atoms with Crippen LogP contribution in [0, 0.1) is 5.41 Å². The van der Waals surface area contributed by atoms with Crippen LogP contribution in [-0.4, -0.2) is 4.98 Å². The molecule has 2 aliphatic carbocycles. The Morgan fingerprint density at radius 3 is 2.53 bits per heavy atom. The highest BCUT2D eigenvalue weighted by Crippen LogP contribution is 2.28. The molecule has 0 bridgehead atoms. The van der Waals surface area contributed by atoms with E-state index in [1.54, 1.807) is 6.07 Å². The molecular weight excluding hydrogens is 212 g/mol. The third kappa shape index (κ3) is 1.34. The van der Waals surface area contributed by atoms with Crippen LogP contribution in [0.15, 0.2) is 36.4 Å². The molecule has 0 unspecified atom stereocenters. The summed E-state index contributed by atoms with van der Waals surface area (Å²) in [6.45, 7) is 0. The van der Waals surface area contributed by atoms with Crippen molar-refractivity contribution in [3.63, 3.8) is 0 Å². The van der Waals surface area contributed by atoms with E-state index in [1.165, 1.54) is 0 Å². The van der Waals surface area contributed by atoms with Gasteiger partial charge >= 0.3 is 0 Å². The van der Waals surface area contributed by atoms with Crippen molar-refractivity contribution in [1.29, 1.82) is 5.41 Å². The van der Waals surface area contributed by atoms with Crippen LogP contribution >= 0.6 is 0 Å². The molecule has 1 heterocycles. The van der Waals surface area contributed by atoms with Crippen LogP contribution in [0.25, 0.3) is 21.9 Å². The Balaban J connectivity index is 2.56. The zero-order valence-corrected chi connectivity index (χ0v) is 9.12. The van der Waals surface area contributed by atoms with Gasteiger partial charge in [0, 0.05) is 16.3 Å². The summed E-state index contributed by atoms with van der Waals surface area (Å²) in [6.07, 6.45) is 0. The Kier molecular flexibility index (Phi) is 1.86. The fourth-order valence-corrected chi connectivity index (χ4v) is 2.11. The van der Waals surface area contributed by atoms with Gasteiger partial charge in [-0.25, -0.2) is 0 Å². The third-order valence-corrected chi connectivity index (χ3v) is 3.00. The van der Waals surface area contributed by atoms with E-state index >= 15 is 0 Å². The van der Waals surface area contributed by atoms with Crippen molar-refractivity contribution in [2.45, 2.75) is 0 Å². The molecule has 17 heavy (non-hydrogen) atoms. The standard InChI is InChI=1S/C13H12N4/c14-11-5-4-7-2-1-3-8-10(6-9(7)11)13(16)17-12(8)15/h1-6,14,17H,15-16H2. The van der Waals surface area contributed by atoms with E-state index < -0.39 is 0 Å². The van der Waals surface area contributed by atoms with Crippen molar-refractivity contribution >= 4 is 22.4 Å². The van der Waals surface area contributed by atoms with Gasteiger partial charge in [-0.15, -0.1) is 0 Å². The Morgan fingerprint density at radius 1 is 0.941 bits per heavy atom. The summed E-state index contributed by atoms with van der Waals surface area (Å²) in [4.78, 5) is 2.91. The average Bonchev–Trinajstić information content (AvgIpc) is 2.69. The van der Waals surface area contributed by atoms with E-state index in [9.17, 15) is 0 Å². The van der Waals surface area contributed by atoms with Crippen molar-refractivity contribution in [3.8, 4) is 11.1 Å². The molecule has 2 aliphatic rings. The molecule has 0 atom stereocenters. The zero-order chi connectivity index (χ0) is 12.0. The topological polar surface area (TPSA) is 91.7 Å². The molecule has 0 aromatic carbocycles. The summed E-state index contributed by atoms with van der Waals surface area (Å²) < 4.78 is 0. The first kappa shape index (κ1) is 9.72. The van der Waals surface area contributed by atoms with Crippen molar-refractivity contribution in [3.05, 3.63) is 41.8 Å². The molecule has 0 saturated heterocycles. The molecule has 0 aliphatic heterocycles. The van der Waals surface area contributed by atoms with Crippen LogP contribution in [0.3, 0.4) is 0 Å². The van der Waals surface area contributed by atoms with Gasteiger partial charge in [0.1, 0.15) is 11.6 Å². The summed E-state index contributed by atoms with van der Waals surface area (Å²) in [5.74, 6) is 1.09. The van der Waals surface area contributed by atoms with E-state index in [2.05, 4.69) is 4.98 Å². The molecule has 1 aromatic heterocycles.